The van der Waals surface area contributed by atoms with Crippen LogP contribution in [0.15, 0.2) is 59.7 Å². The van der Waals surface area contributed by atoms with Crippen molar-refractivity contribution in [3.63, 3.8) is 0 Å². The lowest BCUT2D eigenvalue weighted by Crippen LogP contribution is -2.24. The van der Waals surface area contributed by atoms with E-state index >= 15 is 0 Å². The van der Waals surface area contributed by atoms with E-state index < -0.39 is 0 Å². The molecule has 3 rings (SSSR count). The summed E-state index contributed by atoms with van der Waals surface area (Å²) in [6.07, 6.45) is 3.07. The Morgan fingerprint density at radius 1 is 1.09 bits per heavy atom. The third-order valence-corrected chi connectivity index (χ3v) is 3.69. The van der Waals surface area contributed by atoms with Crippen LogP contribution in [0.4, 0.5) is 5.69 Å². The Morgan fingerprint density at radius 3 is 2.48 bits per heavy atom. The van der Waals surface area contributed by atoms with E-state index in [1.54, 1.807) is 35.4 Å². The third kappa shape index (κ3) is 3.63. The summed E-state index contributed by atoms with van der Waals surface area (Å²) in [5.74, 6) is -0.147. The SMILES string of the molecule is O=C(NN=Cc1ccccc1)c1ccc(N2CCCC2=O)cc1. The maximum Gasteiger partial charge on any atom is 0.271 e. The number of hydrazone groups is 1. The summed E-state index contributed by atoms with van der Waals surface area (Å²) in [4.78, 5) is 25.5. The van der Waals surface area contributed by atoms with Gasteiger partial charge >= 0.3 is 0 Å². The van der Waals surface area contributed by atoms with Crippen molar-refractivity contribution in [1.29, 1.82) is 0 Å². The molecule has 0 spiro atoms. The van der Waals surface area contributed by atoms with Gasteiger partial charge in [0.05, 0.1) is 6.21 Å². The van der Waals surface area contributed by atoms with E-state index in [2.05, 4.69) is 10.5 Å². The summed E-state index contributed by atoms with van der Waals surface area (Å²) in [5, 5.41) is 3.94. The zero-order valence-electron chi connectivity index (χ0n) is 12.6. The number of carbonyl (C=O) groups is 2. The van der Waals surface area contributed by atoms with Crippen LogP contribution in [0.25, 0.3) is 0 Å². The summed E-state index contributed by atoms with van der Waals surface area (Å²) in [6.45, 7) is 0.742. The van der Waals surface area contributed by atoms with E-state index in [0.717, 1.165) is 24.2 Å². The molecule has 23 heavy (non-hydrogen) atoms. The predicted molar refractivity (Wildman–Crippen MR) is 89.5 cm³/mol. The largest absolute Gasteiger partial charge is 0.312 e. The molecule has 5 nitrogen and oxygen atoms in total. The van der Waals surface area contributed by atoms with Gasteiger partial charge in [-0.3, -0.25) is 9.59 Å². The molecule has 1 saturated heterocycles. The quantitative estimate of drug-likeness (QED) is 0.697. The molecule has 1 aliphatic rings. The van der Waals surface area contributed by atoms with Crippen LogP contribution in [-0.4, -0.2) is 24.6 Å². The zero-order valence-corrected chi connectivity index (χ0v) is 12.6. The Bertz CT molecular complexity index is 724. The maximum atomic E-state index is 12.0. The Morgan fingerprint density at radius 2 is 1.83 bits per heavy atom. The van der Waals surface area contributed by atoms with Crippen molar-refractivity contribution in [2.45, 2.75) is 12.8 Å². The second kappa shape index (κ2) is 6.87. The molecule has 0 aromatic heterocycles. The lowest BCUT2D eigenvalue weighted by molar-refractivity contribution is -0.117. The van der Waals surface area contributed by atoms with E-state index in [0.29, 0.717) is 12.0 Å². The van der Waals surface area contributed by atoms with E-state index in [4.69, 9.17) is 0 Å². The molecule has 1 heterocycles. The Labute approximate surface area is 134 Å². The number of amides is 2. The summed E-state index contributed by atoms with van der Waals surface area (Å²) < 4.78 is 0. The lowest BCUT2D eigenvalue weighted by atomic mass is 10.2. The molecule has 1 aliphatic heterocycles. The van der Waals surface area contributed by atoms with Gasteiger partial charge in [0.1, 0.15) is 0 Å². The van der Waals surface area contributed by atoms with Crippen LogP contribution in [0.5, 0.6) is 0 Å². The molecule has 1 N–H and O–H groups in total. The van der Waals surface area contributed by atoms with Gasteiger partial charge in [0.25, 0.3) is 5.91 Å². The fourth-order valence-corrected chi connectivity index (χ4v) is 2.48. The summed E-state index contributed by atoms with van der Waals surface area (Å²) >= 11 is 0. The highest BCUT2D eigenvalue weighted by Gasteiger charge is 2.21. The van der Waals surface area contributed by atoms with Gasteiger partial charge in [-0.2, -0.15) is 5.10 Å². The van der Waals surface area contributed by atoms with Crippen molar-refractivity contribution in [1.82, 2.24) is 5.43 Å². The van der Waals surface area contributed by atoms with Crippen LogP contribution in [0.1, 0.15) is 28.8 Å². The molecule has 0 unspecified atom stereocenters. The van der Waals surface area contributed by atoms with Gasteiger partial charge in [0.2, 0.25) is 5.91 Å². The molecular formula is C18H17N3O2. The van der Waals surface area contributed by atoms with Crippen LogP contribution in [0, 0.1) is 0 Å². The van der Waals surface area contributed by atoms with Crippen LogP contribution in [0.3, 0.4) is 0 Å². The number of hydrogen-bond donors (Lipinski definition) is 1. The molecule has 0 bridgehead atoms. The van der Waals surface area contributed by atoms with Gasteiger partial charge in [0.15, 0.2) is 0 Å². The van der Waals surface area contributed by atoms with Gasteiger partial charge in [-0.25, -0.2) is 5.43 Å². The first-order chi connectivity index (χ1) is 11.2. The number of nitrogens with zero attached hydrogens (tertiary/aromatic N) is 2. The Kier molecular flexibility index (Phi) is 4.47. The lowest BCUT2D eigenvalue weighted by Gasteiger charge is -2.15. The van der Waals surface area contributed by atoms with Crippen molar-refractivity contribution in [3.05, 3.63) is 65.7 Å². The second-order valence-corrected chi connectivity index (χ2v) is 5.31. The van der Waals surface area contributed by atoms with E-state index in [9.17, 15) is 9.59 Å². The van der Waals surface area contributed by atoms with Gasteiger partial charge in [-0.15, -0.1) is 0 Å². The molecule has 0 aliphatic carbocycles. The third-order valence-electron chi connectivity index (χ3n) is 3.69. The van der Waals surface area contributed by atoms with Crippen molar-refractivity contribution < 1.29 is 9.59 Å². The average Bonchev–Trinajstić information content (AvgIpc) is 3.02. The van der Waals surface area contributed by atoms with Gasteiger partial charge in [-0.1, -0.05) is 30.3 Å². The minimum absolute atomic E-state index is 0.134. The summed E-state index contributed by atoms with van der Waals surface area (Å²) in [5.41, 5.74) is 4.74. The molecule has 0 saturated carbocycles. The van der Waals surface area contributed by atoms with Crippen LogP contribution >= 0.6 is 0 Å². The van der Waals surface area contributed by atoms with Gasteiger partial charge in [-0.05, 0) is 36.2 Å². The van der Waals surface area contributed by atoms with Gasteiger partial charge in [0, 0.05) is 24.2 Å². The molecule has 2 aromatic carbocycles. The smallest absolute Gasteiger partial charge is 0.271 e. The molecule has 116 valence electrons. The predicted octanol–water partition coefficient (Wildman–Crippen LogP) is 2.58. The molecule has 2 amide bonds. The van der Waals surface area contributed by atoms with Crippen molar-refractivity contribution in [2.24, 2.45) is 5.10 Å². The highest BCUT2D eigenvalue weighted by molar-refractivity contribution is 5.97. The number of benzene rings is 2. The fourth-order valence-electron chi connectivity index (χ4n) is 2.48. The highest BCUT2D eigenvalue weighted by Crippen LogP contribution is 2.21. The summed E-state index contributed by atoms with van der Waals surface area (Å²) in [7, 11) is 0. The van der Waals surface area contributed by atoms with Crippen LogP contribution in [0.2, 0.25) is 0 Å². The van der Waals surface area contributed by atoms with E-state index in [1.807, 2.05) is 30.3 Å². The minimum atomic E-state index is -0.281. The molecule has 2 aromatic rings. The number of nitrogens with one attached hydrogen (secondary N) is 1. The normalized spacial score (nSPS) is 14.4. The zero-order chi connectivity index (χ0) is 16.1. The first-order valence-electron chi connectivity index (χ1n) is 7.53. The van der Waals surface area contributed by atoms with Crippen molar-refractivity contribution in [2.75, 3.05) is 11.4 Å². The summed E-state index contributed by atoms with van der Waals surface area (Å²) in [6, 6.07) is 16.5. The Balaban J connectivity index is 1.61. The molecule has 0 atom stereocenters. The number of hydrogen-bond acceptors (Lipinski definition) is 3. The monoisotopic (exact) mass is 307 g/mol. The second-order valence-electron chi connectivity index (χ2n) is 5.31. The topological polar surface area (TPSA) is 61.8 Å². The van der Waals surface area contributed by atoms with E-state index in [-0.39, 0.29) is 11.8 Å². The first-order valence-corrected chi connectivity index (χ1v) is 7.53. The fraction of sp³-hybridized carbons (Fsp3) is 0.167. The number of anilines is 1. The highest BCUT2D eigenvalue weighted by atomic mass is 16.2. The minimum Gasteiger partial charge on any atom is -0.312 e. The van der Waals surface area contributed by atoms with Crippen LogP contribution in [-0.2, 0) is 4.79 Å². The van der Waals surface area contributed by atoms with Crippen LogP contribution < -0.4 is 10.3 Å². The van der Waals surface area contributed by atoms with E-state index in [1.165, 1.54) is 0 Å². The van der Waals surface area contributed by atoms with Crippen molar-refractivity contribution >= 4 is 23.7 Å². The first kappa shape index (κ1) is 15.0. The molecule has 0 radical (unpaired) electrons. The number of carbonyl (C=O) groups excluding carboxylic acids is 2. The van der Waals surface area contributed by atoms with Crippen molar-refractivity contribution in [3.8, 4) is 0 Å². The maximum absolute atomic E-state index is 12.0. The van der Waals surface area contributed by atoms with Gasteiger partial charge < -0.3 is 4.90 Å². The molecule has 1 fully saturated rings. The standard InChI is InChI=1S/C18H17N3O2/c22-17-7-4-12-21(17)16-10-8-15(9-11-16)18(23)20-19-13-14-5-2-1-3-6-14/h1-3,5-6,8-11,13H,4,7,12H2,(H,20,23). The Hall–Kier alpha value is -2.95. The molecule has 5 heteroatoms. The molecular weight excluding hydrogens is 290 g/mol. The number of rotatable bonds is 4. The average molecular weight is 307 g/mol.